The Hall–Kier alpha value is -1.72. The minimum absolute atomic E-state index is 0.166. The standard InChI is InChI=1S/C13H6ClF2NOS/c14-7-1-3-8(4-2-7)17-13(18)9-5-10(15)11(16)6-12(9)19-17/h1-6H. The van der Waals surface area contributed by atoms with Crippen LogP contribution in [0.4, 0.5) is 8.78 Å². The zero-order valence-electron chi connectivity index (χ0n) is 9.36. The molecule has 2 aromatic carbocycles. The predicted molar refractivity (Wildman–Crippen MR) is 72.3 cm³/mol. The molecule has 0 radical (unpaired) electrons. The quantitative estimate of drug-likeness (QED) is 0.666. The number of rotatable bonds is 1. The van der Waals surface area contributed by atoms with E-state index in [0.717, 1.165) is 23.7 Å². The van der Waals surface area contributed by atoms with Crippen LogP contribution in [0.5, 0.6) is 0 Å². The summed E-state index contributed by atoms with van der Waals surface area (Å²) in [5, 5.41) is 0.717. The molecule has 0 aliphatic carbocycles. The summed E-state index contributed by atoms with van der Waals surface area (Å²) in [7, 11) is 0. The molecule has 0 aliphatic heterocycles. The van der Waals surface area contributed by atoms with E-state index in [1.54, 1.807) is 24.3 Å². The molecule has 1 aromatic heterocycles. The Morgan fingerprint density at radius 3 is 2.37 bits per heavy atom. The molecule has 96 valence electrons. The molecule has 0 aliphatic rings. The highest BCUT2D eigenvalue weighted by Crippen LogP contribution is 2.23. The molecule has 3 aromatic rings. The highest BCUT2D eigenvalue weighted by molar-refractivity contribution is 7.14. The SMILES string of the molecule is O=c1c2cc(F)c(F)cc2sn1-c1ccc(Cl)cc1. The van der Waals surface area contributed by atoms with Gasteiger partial charge in [0.05, 0.1) is 15.8 Å². The normalized spacial score (nSPS) is 11.1. The second-order valence-electron chi connectivity index (χ2n) is 3.93. The number of benzene rings is 2. The molecule has 0 fully saturated rings. The van der Waals surface area contributed by atoms with E-state index in [9.17, 15) is 13.6 Å². The molecular formula is C13H6ClF2NOS. The van der Waals surface area contributed by atoms with Crippen molar-refractivity contribution in [3.8, 4) is 5.69 Å². The van der Waals surface area contributed by atoms with E-state index in [2.05, 4.69) is 0 Å². The number of fused-ring (bicyclic) bond motifs is 1. The molecular weight excluding hydrogens is 292 g/mol. The van der Waals surface area contributed by atoms with Crippen LogP contribution in [0.2, 0.25) is 5.02 Å². The minimum Gasteiger partial charge on any atom is -0.267 e. The van der Waals surface area contributed by atoms with Crippen molar-refractivity contribution in [1.29, 1.82) is 0 Å². The van der Waals surface area contributed by atoms with Crippen LogP contribution in [0, 0.1) is 11.6 Å². The van der Waals surface area contributed by atoms with Crippen LogP contribution in [-0.2, 0) is 0 Å². The van der Waals surface area contributed by atoms with Crippen molar-refractivity contribution in [3.63, 3.8) is 0 Å². The fourth-order valence-electron chi connectivity index (χ4n) is 1.77. The molecule has 3 rings (SSSR count). The highest BCUT2D eigenvalue weighted by atomic mass is 35.5. The van der Waals surface area contributed by atoms with Crippen LogP contribution in [-0.4, -0.2) is 3.96 Å². The molecule has 2 nitrogen and oxygen atoms in total. The van der Waals surface area contributed by atoms with E-state index in [4.69, 9.17) is 11.6 Å². The van der Waals surface area contributed by atoms with Crippen LogP contribution in [0.15, 0.2) is 41.2 Å². The third-order valence-corrected chi connectivity index (χ3v) is 4.03. The first-order chi connectivity index (χ1) is 9.06. The Kier molecular flexibility index (Phi) is 2.88. The average molecular weight is 298 g/mol. The van der Waals surface area contributed by atoms with Gasteiger partial charge >= 0.3 is 0 Å². The maximum atomic E-state index is 13.2. The van der Waals surface area contributed by atoms with Gasteiger partial charge in [-0.15, -0.1) is 0 Å². The molecule has 19 heavy (non-hydrogen) atoms. The van der Waals surface area contributed by atoms with Crippen molar-refractivity contribution in [3.05, 3.63) is 63.4 Å². The summed E-state index contributed by atoms with van der Waals surface area (Å²) < 4.78 is 28.1. The van der Waals surface area contributed by atoms with Crippen LogP contribution >= 0.6 is 23.1 Å². The van der Waals surface area contributed by atoms with Crippen LogP contribution < -0.4 is 5.56 Å². The van der Waals surface area contributed by atoms with Gasteiger partial charge in [0.15, 0.2) is 11.6 Å². The van der Waals surface area contributed by atoms with Crippen molar-refractivity contribution in [2.45, 2.75) is 0 Å². The van der Waals surface area contributed by atoms with E-state index in [1.807, 2.05) is 0 Å². The maximum absolute atomic E-state index is 13.2. The molecule has 1 heterocycles. The summed E-state index contributed by atoms with van der Waals surface area (Å²) in [4.78, 5) is 12.1. The van der Waals surface area contributed by atoms with E-state index in [-0.39, 0.29) is 10.9 Å². The first-order valence-electron chi connectivity index (χ1n) is 5.33. The van der Waals surface area contributed by atoms with Crippen molar-refractivity contribution in [2.75, 3.05) is 0 Å². The summed E-state index contributed by atoms with van der Waals surface area (Å²) >= 11 is 6.84. The molecule has 0 bridgehead atoms. The van der Waals surface area contributed by atoms with Gasteiger partial charge in [-0.25, -0.2) is 12.7 Å². The lowest BCUT2D eigenvalue weighted by Gasteiger charge is -1.99. The lowest BCUT2D eigenvalue weighted by molar-refractivity contribution is 0.511. The summed E-state index contributed by atoms with van der Waals surface area (Å²) in [6, 6.07) is 8.60. The monoisotopic (exact) mass is 297 g/mol. The lowest BCUT2D eigenvalue weighted by Crippen LogP contribution is -2.10. The van der Waals surface area contributed by atoms with Gasteiger partial charge in [-0.1, -0.05) is 23.1 Å². The third kappa shape index (κ3) is 2.05. The molecule has 6 heteroatoms. The number of hydrogen-bond acceptors (Lipinski definition) is 2. The summed E-state index contributed by atoms with van der Waals surface area (Å²) in [6.07, 6.45) is 0. The topological polar surface area (TPSA) is 22.0 Å². The summed E-state index contributed by atoms with van der Waals surface area (Å²) in [5.41, 5.74) is 0.234. The van der Waals surface area contributed by atoms with Gasteiger partial charge in [-0.2, -0.15) is 0 Å². The van der Waals surface area contributed by atoms with E-state index >= 15 is 0 Å². The maximum Gasteiger partial charge on any atom is 0.273 e. The smallest absolute Gasteiger partial charge is 0.267 e. The number of halogens is 3. The number of aromatic nitrogens is 1. The van der Waals surface area contributed by atoms with Crippen LogP contribution in [0.3, 0.4) is 0 Å². The van der Waals surface area contributed by atoms with Crippen LogP contribution in [0.25, 0.3) is 15.8 Å². The lowest BCUT2D eigenvalue weighted by atomic mass is 10.2. The Morgan fingerprint density at radius 2 is 1.68 bits per heavy atom. The van der Waals surface area contributed by atoms with Gasteiger partial charge in [0.1, 0.15) is 0 Å². The Labute approximate surface area is 115 Å². The third-order valence-electron chi connectivity index (χ3n) is 2.69. The Balaban J connectivity index is 2.28. The van der Waals surface area contributed by atoms with Gasteiger partial charge < -0.3 is 0 Å². The zero-order chi connectivity index (χ0) is 13.6. The Bertz CT molecular complexity index is 823. The van der Waals surface area contributed by atoms with Gasteiger partial charge in [0.25, 0.3) is 5.56 Å². The molecule has 0 saturated carbocycles. The number of hydrogen-bond donors (Lipinski definition) is 0. The van der Waals surface area contributed by atoms with Gasteiger partial charge in [0.2, 0.25) is 0 Å². The average Bonchev–Trinajstić information content (AvgIpc) is 2.69. The first kappa shape index (κ1) is 12.3. The fourth-order valence-corrected chi connectivity index (χ4v) is 2.90. The van der Waals surface area contributed by atoms with Gasteiger partial charge in [0, 0.05) is 5.02 Å². The molecule has 0 amide bonds. The predicted octanol–water partition coefficient (Wildman–Crippen LogP) is 3.98. The van der Waals surface area contributed by atoms with Gasteiger partial charge in [-0.05, 0) is 36.4 Å². The largest absolute Gasteiger partial charge is 0.273 e. The van der Waals surface area contributed by atoms with E-state index in [0.29, 0.717) is 15.4 Å². The molecule has 0 unspecified atom stereocenters. The van der Waals surface area contributed by atoms with Crippen molar-refractivity contribution >= 4 is 33.2 Å². The zero-order valence-corrected chi connectivity index (χ0v) is 10.9. The van der Waals surface area contributed by atoms with Gasteiger partial charge in [-0.3, -0.25) is 4.79 Å². The molecule has 0 N–H and O–H groups in total. The second kappa shape index (κ2) is 4.43. The highest BCUT2D eigenvalue weighted by Gasteiger charge is 2.13. The van der Waals surface area contributed by atoms with E-state index < -0.39 is 11.6 Å². The first-order valence-corrected chi connectivity index (χ1v) is 6.48. The van der Waals surface area contributed by atoms with Crippen molar-refractivity contribution in [2.24, 2.45) is 0 Å². The molecule has 0 atom stereocenters. The Morgan fingerprint density at radius 1 is 1.05 bits per heavy atom. The fraction of sp³-hybridized carbons (Fsp3) is 0. The minimum atomic E-state index is -1.02. The molecule has 0 spiro atoms. The second-order valence-corrected chi connectivity index (χ2v) is 5.35. The summed E-state index contributed by atoms with van der Waals surface area (Å²) in [6.45, 7) is 0. The van der Waals surface area contributed by atoms with E-state index in [1.165, 1.54) is 3.96 Å². The summed E-state index contributed by atoms with van der Waals surface area (Å²) in [5.74, 6) is -1.98. The van der Waals surface area contributed by atoms with Crippen molar-refractivity contribution in [1.82, 2.24) is 3.96 Å². The van der Waals surface area contributed by atoms with Crippen molar-refractivity contribution < 1.29 is 8.78 Å². The molecule has 0 saturated heterocycles. The number of nitrogens with zero attached hydrogens (tertiary/aromatic N) is 1. The van der Waals surface area contributed by atoms with Crippen LogP contribution in [0.1, 0.15) is 0 Å².